The lowest BCUT2D eigenvalue weighted by atomic mass is 9.99. The first-order chi connectivity index (χ1) is 5.50. The minimum atomic E-state index is -0.690. The summed E-state index contributed by atoms with van der Waals surface area (Å²) in [5.74, 6) is -0.0916. The monoisotopic (exact) mass is 170 g/mol. The summed E-state index contributed by atoms with van der Waals surface area (Å²) >= 11 is 0. The standard InChI is InChI=1S/C8H14N2O2/c1-4-10-6(11)5-9-7(12)8(10,2)3/h4-5H2,1-3H3,(H,9,12). The number of nitrogens with zero attached hydrogens (tertiary/aromatic N) is 1. The molecule has 1 heterocycles. The van der Waals surface area contributed by atoms with Gasteiger partial charge in [0.15, 0.2) is 0 Å². The predicted octanol–water partition coefficient (Wildman–Crippen LogP) is -0.257. The zero-order valence-electron chi connectivity index (χ0n) is 7.68. The third kappa shape index (κ3) is 1.17. The molecule has 1 saturated heterocycles. The van der Waals surface area contributed by atoms with E-state index in [0.717, 1.165) is 0 Å². The van der Waals surface area contributed by atoms with Crippen LogP contribution in [0.4, 0.5) is 0 Å². The van der Waals surface area contributed by atoms with Gasteiger partial charge in [0, 0.05) is 6.54 Å². The number of piperazine rings is 1. The second-order valence-electron chi connectivity index (χ2n) is 3.38. The van der Waals surface area contributed by atoms with Gasteiger partial charge in [0.2, 0.25) is 11.8 Å². The Kier molecular flexibility index (Phi) is 2.08. The molecular formula is C8H14N2O2. The molecule has 4 heteroatoms. The Morgan fingerprint density at radius 2 is 2.08 bits per heavy atom. The Morgan fingerprint density at radius 1 is 1.50 bits per heavy atom. The summed E-state index contributed by atoms with van der Waals surface area (Å²) in [5, 5.41) is 2.56. The van der Waals surface area contributed by atoms with Gasteiger partial charge in [0.25, 0.3) is 0 Å². The highest BCUT2D eigenvalue weighted by atomic mass is 16.2. The van der Waals surface area contributed by atoms with Crippen LogP contribution >= 0.6 is 0 Å². The smallest absolute Gasteiger partial charge is 0.245 e. The van der Waals surface area contributed by atoms with Crippen molar-refractivity contribution < 1.29 is 9.59 Å². The summed E-state index contributed by atoms with van der Waals surface area (Å²) in [6.07, 6.45) is 0. The van der Waals surface area contributed by atoms with Crippen molar-refractivity contribution in [2.45, 2.75) is 26.3 Å². The number of hydrogen-bond acceptors (Lipinski definition) is 2. The van der Waals surface area contributed by atoms with Crippen molar-refractivity contribution in [3.05, 3.63) is 0 Å². The number of carbonyl (C=O) groups excluding carboxylic acids is 2. The highest BCUT2D eigenvalue weighted by Crippen LogP contribution is 2.17. The van der Waals surface area contributed by atoms with E-state index in [-0.39, 0.29) is 18.4 Å². The van der Waals surface area contributed by atoms with E-state index < -0.39 is 5.54 Å². The molecule has 68 valence electrons. The zero-order chi connectivity index (χ0) is 9.35. The molecule has 0 atom stereocenters. The minimum Gasteiger partial charge on any atom is -0.345 e. The van der Waals surface area contributed by atoms with Crippen LogP contribution in [-0.4, -0.2) is 35.3 Å². The molecule has 0 aromatic heterocycles. The maximum absolute atomic E-state index is 11.3. The Balaban J connectivity index is 2.91. The molecular weight excluding hydrogens is 156 g/mol. The lowest BCUT2D eigenvalue weighted by Gasteiger charge is -2.40. The highest BCUT2D eigenvalue weighted by molar-refractivity contribution is 5.97. The molecule has 2 amide bonds. The zero-order valence-corrected chi connectivity index (χ0v) is 7.68. The van der Waals surface area contributed by atoms with Crippen LogP contribution < -0.4 is 5.32 Å². The maximum atomic E-state index is 11.3. The van der Waals surface area contributed by atoms with Gasteiger partial charge in [-0.25, -0.2) is 0 Å². The van der Waals surface area contributed by atoms with Crippen LogP contribution in [0.3, 0.4) is 0 Å². The van der Waals surface area contributed by atoms with Gasteiger partial charge in [-0.2, -0.15) is 0 Å². The van der Waals surface area contributed by atoms with Gasteiger partial charge in [-0.1, -0.05) is 0 Å². The molecule has 0 radical (unpaired) electrons. The Bertz CT molecular complexity index is 223. The third-order valence-electron chi connectivity index (χ3n) is 2.25. The van der Waals surface area contributed by atoms with Crippen molar-refractivity contribution in [2.24, 2.45) is 0 Å². The number of nitrogens with one attached hydrogen (secondary N) is 1. The third-order valence-corrected chi connectivity index (χ3v) is 2.25. The quantitative estimate of drug-likeness (QED) is 0.589. The van der Waals surface area contributed by atoms with E-state index in [9.17, 15) is 9.59 Å². The molecule has 1 aliphatic rings. The Hall–Kier alpha value is -1.06. The molecule has 0 aromatic carbocycles. The number of amides is 2. The van der Waals surface area contributed by atoms with Gasteiger partial charge in [-0.3, -0.25) is 9.59 Å². The molecule has 0 unspecified atom stereocenters. The molecule has 0 aliphatic carbocycles. The molecule has 0 spiro atoms. The second-order valence-corrected chi connectivity index (χ2v) is 3.38. The molecule has 4 nitrogen and oxygen atoms in total. The van der Waals surface area contributed by atoms with E-state index in [1.165, 1.54) is 0 Å². The van der Waals surface area contributed by atoms with Crippen molar-refractivity contribution >= 4 is 11.8 Å². The van der Waals surface area contributed by atoms with Gasteiger partial charge in [-0.05, 0) is 20.8 Å². The van der Waals surface area contributed by atoms with E-state index in [1.807, 2.05) is 6.92 Å². The van der Waals surface area contributed by atoms with E-state index >= 15 is 0 Å². The predicted molar refractivity (Wildman–Crippen MR) is 44.5 cm³/mol. The van der Waals surface area contributed by atoms with Crippen LogP contribution in [0.25, 0.3) is 0 Å². The van der Waals surface area contributed by atoms with Crippen LogP contribution in [-0.2, 0) is 9.59 Å². The summed E-state index contributed by atoms with van der Waals surface area (Å²) in [6, 6.07) is 0. The first kappa shape index (κ1) is 9.03. The maximum Gasteiger partial charge on any atom is 0.245 e. The summed E-state index contributed by atoms with van der Waals surface area (Å²) in [5.41, 5.74) is -0.690. The molecule has 1 fully saturated rings. The first-order valence-corrected chi connectivity index (χ1v) is 4.09. The van der Waals surface area contributed by atoms with Crippen LogP contribution in [0.2, 0.25) is 0 Å². The second kappa shape index (κ2) is 2.77. The minimum absolute atomic E-state index is 0.0119. The van der Waals surface area contributed by atoms with Gasteiger partial charge >= 0.3 is 0 Å². The summed E-state index contributed by atoms with van der Waals surface area (Å²) in [7, 11) is 0. The van der Waals surface area contributed by atoms with Gasteiger partial charge in [0.05, 0.1) is 6.54 Å². The molecule has 0 aromatic rings. The van der Waals surface area contributed by atoms with Crippen LogP contribution in [0.15, 0.2) is 0 Å². The first-order valence-electron chi connectivity index (χ1n) is 4.09. The molecule has 12 heavy (non-hydrogen) atoms. The van der Waals surface area contributed by atoms with Crippen molar-refractivity contribution in [3.63, 3.8) is 0 Å². The fourth-order valence-electron chi connectivity index (χ4n) is 1.47. The van der Waals surface area contributed by atoms with E-state index in [1.54, 1.807) is 18.7 Å². The molecule has 1 N–H and O–H groups in total. The molecule has 1 rings (SSSR count). The van der Waals surface area contributed by atoms with Gasteiger partial charge in [-0.15, -0.1) is 0 Å². The molecule has 0 saturated carbocycles. The number of carbonyl (C=O) groups is 2. The van der Waals surface area contributed by atoms with E-state index in [2.05, 4.69) is 5.32 Å². The van der Waals surface area contributed by atoms with Crippen molar-refractivity contribution in [2.75, 3.05) is 13.1 Å². The van der Waals surface area contributed by atoms with Crippen molar-refractivity contribution in [1.82, 2.24) is 10.2 Å². The topological polar surface area (TPSA) is 49.4 Å². The molecule has 1 aliphatic heterocycles. The van der Waals surface area contributed by atoms with Crippen molar-refractivity contribution in [1.29, 1.82) is 0 Å². The van der Waals surface area contributed by atoms with Crippen LogP contribution in [0, 0.1) is 0 Å². The Labute approximate surface area is 71.9 Å². The normalized spacial score (nSPS) is 22.4. The number of rotatable bonds is 1. The van der Waals surface area contributed by atoms with Gasteiger partial charge in [0.1, 0.15) is 5.54 Å². The summed E-state index contributed by atoms with van der Waals surface area (Å²) < 4.78 is 0. The average Bonchev–Trinajstić information content (AvgIpc) is 1.98. The van der Waals surface area contributed by atoms with E-state index in [4.69, 9.17) is 0 Å². The fraction of sp³-hybridized carbons (Fsp3) is 0.750. The number of hydrogen-bond donors (Lipinski definition) is 1. The van der Waals surface area contributed by atoms with Crippen molar-refractivity contribution in [3.8, 4) is 0 Å². The highest BCUT2D eigenvalue weighted by Gasteiger charge is 2.40. The van der Waals surface area contributed by atoms with E-state index in [0.29, 0.717) is 6.54 Å². The van der Waals surface area contributed by atoms with Crippen LogP contribution in [0.5, 0.6) is 0 Å². The largest absolute Gasteiger partial charge is 0.345 e. The summed E-state index contributed by atoms with van der Waals surface area (Å²) in [4.78, 5) is 24.2. The van der Waals surface area contributed by atoms with Gasteiger partial charge < -0.3 is 10.2 Å². The average molecular weight is 170 g/mol. The molecule has 0 bridgehead atoms. The fourth-order valence-corrected chi connectivity index (χ4v) is 1.47. The lowest BCUT2D eigenvalue weighted by molar-refractivity contribution is -0.151. The Morgan fingerprint density at radius 3 is 2.50 bits per heavy atom. The summed E-state index contributed by atoms with van der Waals surface area (Å²) in [6.45, 7) is 6.10. The number of likely N-dealkylation sites (N-methyl/N-ethyl adjacent to an activating group) is 1. The van der Waals surface area contributed by atoms with Crippen LogP contribution in [0.1, 0.15) is 20.8 Å². The SMILES string of the molecule is CCN1C(=O)CNC(=O)C1(C)C. The lowest BCUT2D eigenvalue weighted by Crippen LogP contribution is -2.64.